The van der Waals surface area contributed by atoms with Gasteiger partial charge in [0.25, 0.3) is 11.2 Å². The van der Waals surface area contributed by atoms with Crippen LogP contribution in [-0.4, -0.2) is 14.9 Å². The molecule has 24 heavy (non-hydrogen) atoms. The van der Waals surface area contributed by atoms with Gasteiger partial charge >= 0.3 is 0 Å². The van der Waals surface area contributed by atoms with Crippen molar-refractivity contribution < 1.29 is 4.92 Å². The van der Waals surface area contributed by atoms with Crippen LogP contribution in [0.1, 0.15) is 5.56 Å². The monoisotopic (exact) mass is 318 g/mol. The van der Waals surface area contributed by atoms with Crippen molar-refractivity contribution in [2.24, 2.45) is 0 Å². The van der Waals surface area contributed by atoms with Crippen molar-refractivity contribution in [3.05, 3.63) is 80.9 Å². The highest BCUT2D eigenvalue weighted by Crippen LogP contribution is 2.27. The first-order valence-electron chi connectivity index (χ1n) is 6.93. The summed E-state index contributed by atoms with van der Waals surface area (Å²) in [7, 11) is 0. The topological polar surface area (TPSA) is 113 Å². The third kappa shape index (κ3) is 2.76. The molecule has 7 heteroatoms. The van der Waals surface area contributed by atoms with Gasteiger partial charge in [0.05, 0.1) is 4.92 Å². The van der Waals surface area contributed by atoms with Crippen LogP contribution in [0.4, 0.5) is 5.69 Å². The van der Waals surface area contributed by atoms with Crippen LogP contribution in [-0.2, 0) is 0 Å². The summed E-state index contributed by atoms with van der Waals surface area (Å²) in [5.74, 6) is 0. The second-order valence-corrected chi connectivity index (χ2v) is 4.96. The molecule has 3 aromatic rings. The number of hydrogen-bond acceptors (Lipinski definition) is 5. The van der Waals surface area contributed by atoms with Gasteiger partial charge in [0.15, 0.2) is 0 Å². The van der Waals surface area contributed by atoms with E-state index in [1.54, 1.807) is 36.7 Å². The zero-order valence-corrected chi connectivity index (χ0v) is 12.3. The lowest BCUT2D eigenvalue weighted by molar-refractivity contribution is -0.384. The zero-order valence-electron chi connectivity index (χ0n) is 12.3. The van der Waals surface area contributed by atoms with Crippen LogP contribution in [0.25, 0.3) is 22.4 Å². The predicted octanol–water partition coefficient (Wildman–Crippen LogP) is 2.88. The maximum atomic E-state index is 12.2. The fourth-order valence-electron chi connectivity index (χ4n) is 2.36. The number of benzene rings is 1. The van der Waals surface area contributed by atoms with Crippen LogP contribution < -0.4 is 5.56 Å². The number of hydrogen-bond donors (Lipinski definition) is 1. The summed E-state index contributed by atoms with van der Waals surface area (Å²) in [6, 6.07) is 12.9. The highest BCUT2D eigenvalue weighted by molar-refractivity contribution is 5.75. The molecular weight excluding hydrogens is 308 g/mol. The minimum atomic E-state index is -0.555. The van der Waals surface area contributed by atoms with E-state index in [1.807, 2.05) is 6.07 Å². The molecule has 0 saturated heterocycles. The van der Waals surface area contributed by atoms with E-state index in [0.29, 0.717) is 22.4 Å². The summed E-state index contributed by atoms with van der Waals surface area (Å²) in [4.78, 5) is 29.2. The van der Waals surface area contributed by atoms with Crippen LogP contribution in [0, 0.1) is 21.4 Å². The lowest BCUT2D eigenvalue weighted by atomic mass is 10.0. The first-order chi connectivity index (χ1) is 11.6. The third-order valence-corrected chi connectivity index (χ3v) is 3.49. The van der Waals surface area contributed by atoms with Gasteiger partial charge in [-0.25, -0.2) is 0 Å². The maximum Gasteiger partial charge on any atom is 0.270 e. The number of pyridine rings is 2. The Morgan fingerprint density at radius 3 is 2.62 bits per heavy atom. The number of aromatic amines is 1. The average Bonchev–Trinajstić information content (AvgIpc) is 2.62. The molecule has 0 aliphatic carbocycles. The number of nitrogens with one attached hydrogen (secondary N) is 1. The van der Waals surface area contributed by atoms with E-state index in [0.717, 1.165) is 0 Å². The summed E-state index contributed by atoms with van der Waals surface area (Å²) in [6.45, 7) is 0. The van der Waals surface area contributed by atoms with Crippen molar-refractivity contribution in [3.63, 3.8) is 0 Å². The van der Waals surface area contributed by atoms with E-state index in [1.165, 1.54) is 18.2 Å². The number of nitro benzene ring substituents is 1. The van der Waals surface area contributed by atoms with Crippen LogP contribution in [0.3, 0.4) is 0 Å². The van der Waals surface area contributed by atoms with Crippen LogP contribution in [0.15, 0.2) is 59.7 Å². The molecule has 2 heterocycles. The molecule has 0 aliphatic heterocycles. The first-order valence-corrected chi connectivity index (χ1v) is 6.93. The van der Waals surface area contributed by atoms with Crippen molar-refractivity contribution in [2.75, 3.05) is 0 Å². The third-order valence-electron chi connectivity index (χ3n) is 3.49. The van der Waals surface area contributed by atoms with Gasteiger partial charge in [0.2, 0.25) is 0 Å². The smallest absolute Gasteiger partial charge is 0.270 e. The van der Waals surface area contributed by atoms with Crippen molar-refractivity contribution in [1.82, 2.24) is 9.97 Å². The molecule has 0 aliphatic rings. The lowest BCUT2D eigenvalue weighted by Crippen LogP contribution is -2.12. The van der Waals surface area contributed by atoms with E-state index in [4.69, 9.17) is 0 Å². The van der Waals surface area contributed by atoms with Crippen LogP contribution in [0.2, 0.25) is 0 Å². The lowest BCUT2D eigenvalue weighted by Gasteiger charge is -2.07. The Hall–Kier alpha value is -3.79. The summed E-state index contributed by atoms with van der Waals surface area (Å²) in [5, 5.41) is 20.2. The maximum absolute atomic E-state index is 12.2. The average molecular weight is 318 g/mol. The van der Waals surface area contributed by atoms with Crippen molar-refractivity contribution in [3.8, 4) is 28.5 Å². The number of rotatable bonds is 3. The standard InChI is InChI=1S/C17H10N4O3/c18-9-15-14(12-4-2-6-19-10-12)8-16(20-17(15)22)11-3-1-5-13(7-11)21(23)24/h1-8,10H,(H,20,22). The van der Waals surface area contributed by atoms with Gasteiger partial charge in [-0.3, -0.25) is 19.9 Å². The van der Waals surface area contributed by atoms with Gasteiger partial charge in [0.1, 0.15) is 11.6 Å². The first kappa shape index (κ1) is 15.1. The van der Waals surface area contributed by atoms with Gasteiger partial charge in [0, 0.05) is 46.9 Å². The molecule has 0 bridgehead atoms. The fraction of sp³-hybridized carbons (Fsp3) is 0. The Kier molecular flexibility index (Phi) is 3.87. The van der Waals surface area contributed by atoms with E-state index >= 15 is 0 Å². The zero-order chi connectivity index (χ0) is 17.1. The molecule has 3 rings (SSSR count). The number of nitriles is 1. The Balaban J connectivity index is 2.23. The molecule has 1 N–H and O–H groups in total. The van der Waals surface area contributed by atoms with Crippen molar-refractivity contribution >= 4 is 5.69 Å². The molecule has 0 fully saturated rings. The number of H-pyrrole nitrogens is 1. The van der Waals surface area contributed by atoms with Crippen molar-refractivity contribution in [2.45, 2.75) is 0 Å². The molecule has 2 aromatic heterocycles. The van der Waals surface area contributed by atoms with E-state index in [-0.39, 0.29) is 11.3 Å². The molecule has 0 radical (unpaired) electrons. The van der Waals surface area contributed by atoms with E-state index < -0.39 is 10.5 Å². The van der Waals surface area contributed by atoms with Gasteiger partial charge in [-0.1, -0.05) is 18.2 Å². The Morgan fingerprint density at radius 2 is 1.96 bits per heavy atom. The van der Waals surface area contributed by atoms with Gasteiger partial charge < -0.3 is 4.98 Å². The van der Waals surface area contributed by atoms with Crippen molar-refractivity contribution in [1.29, 1.82) is 5.26 Å². The van der Waals surface area contributed by atoms with Gasteiger partial charge in [-0.2, -0.15) is 5.26 Å². The highest BCUT2D eigenvalue weighted by Gasteiger charge is 2.14. The molecule has 1 aromatic carbocycles. The van der Waals surface area contributed by atoms with Gasteiger partial charge in [-0.15, -0.1) is 0 Å². The second-order valence-electron chi connectivity index (χ2n) is 4.96. The second kappa shape index (κ2) is 6.14. The predicted molar refractivity (Wildman–Crippen MR) is 87.1 cm³/mol. The minimum absolute atomic E-state index is 0.0304. The largest absolute Gasteiger partial charge is 0.321 e. The molecule has 0 spiro atoms. The molecule has 116 valence electrons. The Bertz CT molecular complexity index is 1020. The molecule has 0 atom stereocenters. The van der Waals surface area contributed by atoms with Crippen LogP contribution >= 0.6 is 0 Å². The number of aromatic nitrogens is 2. The SMILES string of the molecule is N#Cc1c(-c2cccnc2)cc(-c2cccc([N+](=O)[O-])c2)[nH]c1=O. The molecular formula is C17H10N4O3. The molecule has 0 unspecified atom stereocenters. The summed E-state index contributed by atoms with van der Waals surface area (Å²) >= 11 is 0. The Morgan fingerprint density at radius 1 is 1.17 bits per heavy atom. The van der Waals surface area contributed by atoms with Gasteiger partial charge in [-0.05, 0) is 12.1 Å². The number of non-ortho nitro benzene ring substituents is 1. The van der Waals surface area contributed by atoms with E-state index in [2.05, 4.69) is 9.97 Å². The summed E-state index contributed by atoms with van der Waals surface area (Å²) < 4.78 is 0. The fourth-order valence-corrected chi connectivity index (χ4v) is 2.36. The molecule has 7 nitrogen and oxygen atoms in total. The Labute approximate surface area is 136 Å². The van der Waals surface area contributed by atoms with E-state index in [9.17, 15) is 20.2 Å². The number of nitrogens with zero attached hydrogens (tertiary/aromatic N) is 3. The molecule has 0 amide bonds. The number of nitro groups is 1. The minimum Gasteiger partial charge on any atom is -0.321 e. The van der Waals surface area contributed by atoms with Crippen LogP contribution in [0.5, 0.6) is 0 Å². The summed E-state index contributed by atoms with van der Waals surface area (Å²) in [5.41, 5.74) is 1.25. The summed E-state index contributed by atoms with van der Waals surface area (Å²) in [6.07, 6.45) is 3.14. The molecule has 0 saturated carbocycles. The highest BCUT2D eigenvalue weighted by atomic mass is 16.6. The quantitative estimate of drug-likeness (QED) is 0.589. The normalized spacial score (nSPS) is 10.1.